The Morgan fingerprint density at radius 2 is 1.86 bits per heavy atom. The first kappa shape index (κ1) is 14.4. The average molecular weight is 226 g/mol. The maximum Gasteiger partial charge on any atom is 1.00 e. The predicted molar refractivity (Wildman–Crippen MR) is 45.3 cm³/mol. The Labute approximate surface area is 123 Å². The molecule has 0 bridgehead atoms. The van der Waals surface area contributed by atoms with Crippen LogP contribution in [0.2, 0.25) is 0 Å². The Bertz CT molecular complexity index is 338. The molecule has 70 valence electrons. The van der Waals surface area contributed by atoms with Gasteiger partial charge in [0.25, 0.3) is 0 Å². The fourth-order valence-electron chi connectivity index (χ4n) is 1.08. The van der Waals surface area contributed by atoms with Gasteiger partial charge in [-0.05, 0) is 6.92 Å². The second-order valence-corrected chi connectivity index (χ2v) is 2.81. The van der Waals surface area contributed by atoms with Crippen molar-refractivity contribution in [3.05, 3.63) is 29.3 Å². The molecule has 14 heavy (non-hydrogen) atoms. The molecule has 6 heteroatoms. The molecular formula is C8H7BF3KO. The number of carbonyl (C=O) groups is 1. The van der Waals surface area contributed by atoms with E-state index in [-0.39, 0.29) is 62.5 Å². The molecular weight excluding hydrogens is 219 g/mol. The van der Waals surface area contributed by atoms with Crippen LogP contribution in [0.3, 0.4) is 0 Å². The molecule has 0 amide bonds. The molecule has 1 nitrogen and oxygen atoms in total. The Morgan fingerprint density at radius 3 is 2.29 bits per heavy atom. The third-order valence-electron chi connectivity index (χ3n) is 1.79. The fraction of sp³-hybridized carbons (Fsp3) is 0.125. The van der Waals surface area contributed by atoms with Crippen LogP contribution in [0, 0.1) is 6.92 Å². The summed E-state index contributed by atoms with van der Waals surface area (Å²) >= 11 is 0. The fourth-order valence-corrected chi connectivity index (χ4v) is 1.08. The third kappa shape index (κ3) is 3.51. The Balaban J connectivity index is 0.00000169. The second-order valence-electron chi connectivity index (χ2n) is 2.81. The standard InChI is InChI=1S/C8H7BF3O.K/c1-6-2-3-7(5-13)4-8(6)9(10,11)12;/h2-5H,1H3;/q-1;+1. The number of benzene rings is 1. The van der Waals surface area contributed by atoms with Crippen molar-refractivity contribution in [1.29, 1.82) is 0 Å². The van der Waals surface area contributed by atoms with E-state index >= 15 is 0 Å². The molecule has 1 rings (SSSR count). The van der Waals surface area contributed by atoms with Crippen molar-refractivity contribution in [3.63, 3.8) is 0 Å². The maximum atomic E-state index is 12.3. The van der Waals surface area contributed by atoms with E-state index in [4.69, 9.17) is 0 Å². The molecule has 0 saturated carbocycles. The zero-order valence-electron chi connectivity index (χ0n) is 7.93. The first-order valence-electron chi connectivity index (χ1n) is 3.71. The molecule has 1 aromatic carbocycles. The van der Waals surface area contributed by atoms with E-state index in [2.05, 4.69) is 0 Å². The number of aldehydes is 1. The van der Waals surface area contributed by atoms with Gasteiger partial charge in [-0.15, -0.1) is 5.46 Å². The van der Waals surface area contributed by atoms with Crippen LogP contribution in [-0.4, -0.2) is 13.3 Å². The summed E-state index contributed by atoms with van der Waals surface area (Å²) in [5.41, 5.74) is -0.484. The van der Waals surface area contributed by atoms with Gasteiger partial charge in [0.1, 0.15) is 6.29 Å². The molecule has 0 N–H and O–H groups in total. The van der Waals surface area contributed by atoms with Crippen molar-refractivity contribution in [2.75, 3.05) is 0 Å². The Kier molecular flexibility index (Phi) is 5.61. The number of hydrogen-bond donors (Lipinski definition) is 0. The molecule has 0 spiro atoms. The van der Waals surface area contributed by atoms with E-state index in [1.807, 2.05) is 0 Å². The Morgan fingerprint density at radius 1 is 1.29 bits per heavy atom. The van der Waals surface area contributed by atoms with Crippen LogP contribution in [-0.2, 0) is 0 Å². The van der Waals surface area contributed by atoms with Crippen LogP contribution in [0.5, 0.6) is 0 Å². The van der Waals surface area contributed by atoms with Gasteiger partial charge in [0, 0.05) is 5.56 Å². The zero-order chi connectivity index (χ0) is 10.1. The first-order valence-corrected chi connectivity index (χ1v) is 3.71. The molecule has 0 saturated heterocycles. The summed E-state index contributed by atoms with van der Waals surface area (Å²) in [7, 11) is 0. The third-order valence-corrected chi connectivity index (χ3v) is 1.79. The quantitative estimate of drug-likeness (QED) is 0.460. The summed E-state index contributed by atoms with van der Waals surface area (Å²) in [4.78, 5) is 10.2. The molecule has 1 aromatic rings. The van der Waals surface area contributed by atoms with E-state index < -0.39 is 12.4 Å². The van der Waals surface area contributed by atoms with Gasteiger partial charge < -0.3 is 12.9 Å². The SMILES string of the molecule is Cc1ccc(C=O)cc1[B-](F)(F)F.[K+]. The van der Waals surface area contributed by atoms with Gasteiger partial charge in [0.15, 0.2) is 0 Å². The molecule has 0 heterocycles. The van der Waals surface area contributed by atoms with Gasteiger partial charge >= 0.3 is 58.4 Å². The van der Waals surface area contributed by atoms with Crippen LogP contribution in [0.25, 0.3) is 0 Å². The summed E-state index contributed by atoms with van der Waals surface area (Å²) in [5, 5.41) is 0. The van der Waals surface area contributed by atoms with Crippen LogP contribution in [0.1, 0.15) is 15.9 Å². The van der Waals surface area contributed by atoms with E-state index in [1.54, 1.807) is 0 Å². The van der Waals surface area contributed by atoms with Gasteiger partial charge in [-0.3, -0.25) is 4.79 Å². The normalized spacial score (nSPS) is 10.6. The van der Waals surface area contributed by atoms with Gasteiger partial charge in [-0.25, -0.2) is 0 Å². The average Bonchev–Trinajstić information content (AvgIpc) is 2.03. The van der Waals surface area contributed by atoms with Crippen LogP contribution in [0.4, 0.5) is 12.9 Å². The van der Waals surface area contributed by atoms with Crippen LogP contribution >= 0.6 is 0 Å². The minimum absolute atomic E-state index is 0. The van der Waals surface area contributed by atoms with Crippen molar-refractivity contribution >= 4 is 18.7 Å². The first-order chi connectivity index (χ1) is 5.95. The summed E-state index contributed by atoms with van der Waals surface area (Å²) in [6, 6.07) is 3.55. The van der Waals surface area contributed by atoms with Gasteiger partial charge in [0.2, 0.25) is 0 Å². The van der Waals surface area contributed by atoms with E-state index in [1.165, 1.54) is 19.1 Å². The minimum atomic E-state index is -5.02. The minimum Gasteiger partial charge on any atom is -0.445 e. The number of rotatable bonds is 2. The summed E-state index contributed by atoms with van der Waals surface area (Å²) in [6.07, 6.45) is 0.407. The number of halogens is 3. The molecule has 0 unspecified atom stereocenters. The summed E-state index contributed by atoms with van der Waals surface area (Å²) in [5.74, 6) is 0. The predicted octanol–water partition coefficient (Wildman–Crippen LogP) is -1.13. The van der Waals surface area contributed by atoms with E-state index in [0.717, 1.165) is 6.07 Å². The van der Waals surface area contributed by atoms with Crippen molar-refractivity contribution in [2.45, 2.75) is 6.92 Å². The van der Waals surface area contributed by atoms with Crippen molar-refractivity contribution < 1.29 is 69.1 Å². The second kappa shape index (κ2) is 5.46. The van der Waals surface area contributed by atoms with E-state index in [0.29, 0.717) is 6.29 Å². The molecule has 0 aromatic heterocycles. The number of aryl methyl sites for hydroxylation is 1. The van der Waals surface area contributed by atoms with Crippen molar-refractivity contribution in [1.82, 2.24) is 0 Å². The topological polar surface area (TPSA) is 17.1 Å². The molecule has 0 atom stereocenters. The van der Waals surface area contributed by atoms with E-state index in [9.17, 15) is 17.7 Å². The number of carbonyl (C=O) groups excluding carboxylic acids is 1. The summed E-state index contributed by atoms with van der Waals surface area (Å²) in [6.45, 7) is -3.64. The zero-order valence-corrected chi connectivity index (χ0v) is 11.1. The van der Waals surface area contributed by atoms with Gasteiger partial charge in [-0.2, -0.15) is 0 Å². The van der Waals surface area contributed by atoms with Gasteiger partial charge in [-0.1, -0.05) is 23.8 Å². The van der Waals surface area contributed by atoms with Crippen molar-refractivity contribution in [3.8, 4) is 0 Å². The largest absolute Gasteiger partial charge is 1.00 e. The van der Waals surface area contributed by atoms with Crippen molar-refractivity contribution in [2.24, 2.45) is 0 Å². The van der Waals surface area contributed by atoms with Crippen LogP contribution in [0.15, 0.2) is 18.2 Å². The smallest absolute Gasteiger partial charge is 0.445 e. The summed E-state index contributed by atoms with van der Waals surface area (Å²) < 4.78 is 36.9. The molecule has 0 aliphatic heterocycles. The van der Waals surface area contributed by atoms with Gasteiger partial charge in [0.05, 0.1) is 0 Å². The number of hydrogen-bond acceptors (Lipinski definition) is 1. The molecule has 0 radical (unpaired) electrons. The maximum absolute atomic E-state index is 12.3. The van der Waals surface area contributed by atoms with Crippen LogP contribution < -0.4 is 56.8 Å². The molecule has 0 fully saturated rings. The monoisotopic (exact) mass is 226 g/mol. The molecule has 0 aliphatic rings. The Hall–Kier alpha value is 0.381. The molecule has 0 aliphatic carbocycles.